The van der Waals surface area contributed by atoms with E-state index >= 15 is 0 Å². The van der Waals surface area contributed by atoms with Crippen LogP contribution in [-0.4, -0.2) is 44.0 Å². The molecule has 4 heterocycles. The highest BCUT2D eigenvalue weighted by Gasteiger charge is 2.26. The standard InChI is InChI=1S/C28H29F2N5O/c29-23-9-3-1-6-19(23)15-33-12-5-8-21(17-33)26-14-27-31-25-11-13-34(16-20-7-2-4-10-24(20)30)18-22(25)28(36)35(27)32-26/h1-4,6-7,9-10,14,21,32H,5,8,11-13,15-18H2. The SMILES string of the molecule is O=c1c2c(nc3cc(C4CCCN(Cc5ccccc5F)C4)[nH]n13)CCN(Cc1ccccc1F)C2. The number of nitrogens with one attached hydrogen (secondary N) is 1. The van der Waals surface area contributed by atoms with Gasteiger partial charge in [-0.2, -0.15) is 0 Å². The van der Waals surface area contributed by atoms with E-state index in [1.54, 1.807) is 22.7 Å². The summed E-state index contributed by atoms with van der Waals surface area (Å²) in [6.45, 7) is 3.95. The van der Waals surface area contributed by atoms with Gasteiger partial charge in [0, 0.05) is 67.9 Å². The second-order valence-corrected chi connectivity index (χ2v) is 9.97. The van der Waals surface area contributed by atoms with Gasteiger partial charge in [0.15, 0.2) is 5.65 Å². The van der Waals surface area contributed by atoms with Crippen molar-refractivity contribution in [2.45, 2.75) is 44.8 Å². The summed E-state index contributed by atoms with van der Waals surface area (Å²) in [7, 11) is 0. The minimum absolute atomic E-state index is 0.0847. The van der Waals surface area contributed by atoms with E-state index in [4.69, 9.17) is 4.98 Å². The van der Waals surface area contributed by atoms with Crippen LogP contribution in [0.4, 0.5) is 8.78 Å². The number of fused-ring (bicyclic) bond motifs is 2. The van der Waals surface area contributed by atoms with Crippen LogP contribution >= 0.6 is 0 Å². The number of H-pyrrole nitrogens is 1. The number of benzene rings is 2. The average Bonchev–Trinajstić information content (AvgIpc) is 3.32. The number of hydrogen-bond acceptors (Lipinski definition) is 4. The summed E-state index contributed by atoms with van der Waals surface area (Å²) in [5, 5.41) is 3.32. The quantitative estimate of drug-likeness (QED) is 0.456. The zero-order valence-electron chi connectivity index (χ0n) is 20.1. The molecular weight excluding hydrogens is 460 g/mol. The molecule has 36 heavy (non-hydrogen) atoms. The highest BCUT2D eigenvalue weighted by Crippen LogP contribution is 2.28. The molecule has 1 N–H and O–H groups in total. The Hall–Kier alpha value is -3.36. The van der Waals surface area contributed by atoms with Crippen LogP contribution < -0.4 is 5.56 Å². The highest BCUT2D eigenvalue weighted by molar-refractivity contribution is 5.43. The maximum atomic E-state index is 14.2. The lowest BCUT2D eigenvalue weighted by atomic mass is 9.94. The van der Waals surface area contributed by atoms with E-state index in [1.165, 1.54) is 12.1 Å². The number of aromatic nitrogens is 3. The number of piperidine rings is 1. The van der Waals surface area contributed by atoms with E-state index < -0.39 is 0 Å². The zero-order valence-corrected chi connectivity index (χ0v) is 20.1. The Morgan fingerprint density at radius 3 is 2.36 bits per heavy atom. The number of hydrogen-bond donors (Lipinski definition) is 1. The largest absolute Gasteiger partial charge is 0.298 e. The summed E-state index contributed by atoms with van der Waals surface area (Å²) in [4.78, 5) is 22.6. The molecule has 4 aromatic rings. The van der Waals surface area contributed by atoms with Gasteiger partial charge in [-0.1, -0.05) is 36.4 Å². The predicted molar refractivity (Wildman–Crippen MR) is 134 cm³/mol. The molecule has 0 bridgehead atoms. The van der Waals surface area contributed by atoms with Gasteiger partial charge in [-0.15, -0.1) is 0 Å². The minimum Gasteiger partial charge on any atom is -0.298 e. The van der Waals surface area contributed by atoms with Crippen molar-refractivity contribution < 1.29 is 8.78 Å². The van der Waals surface area contributed by atoms with Crippen molar-refractivity contribution in [3.8, 4) is 0 Å². The molecule has 0 amide bonds. The Morgan fingerprint density at radius 2 is 1.64 bits per heavy atom. The second kappa shape index (κ2) is 9.59. The Balaban J connectivity index is 1.22. The van der Waals surface area contributed by atoms with Crippen LogP contribution in [0.1, 0.15) is 46.8 Å². The Kier molecular flexibility index (Phi) is 6.15. The van der Waals surface area contributed by atoms with Crippen LogP contribution in [0.15, 0.2) is 59.4 Å². The molecule has 2 aliphatic rings. The van der Waals surface area contributed by atoms with Gasteiger partial charge < -0.3 is 0 Å². The molecule has 186 valence electrons. The summed E-state index contributed by atoms with van der Waals surface area (Å²) in [5.74, 6) is -0.170. The van der Waals surface area contributed by atoms with Crippen LogP contribution in [-0.2, 0) is 26.1 Å². The molecule has 1 fully saturated rings. The van der Waals surface area contributed by atoms with E-state index in [1.807, 2.05) is 24.3 Å². The van der Waals surface area contributed by atoms with Gasteiger partial charge in [-0.25, -0.2) is 18.3 Å². The van der Waals surface area contributed by atoms with E-state index in [2.05, 4.69) is 14.9 Å². The number of rotatable bonds is 5. The van der Waals surface area contributed by atoms with Gasteiger partial charge in [-0.3, -0.25) is 19.7 Å². The predicted octanol–water partition coefficient (Wildman–Crippen LogP) is 4.24. The lowest BCUT2D eigenvalue weighted by molar-refractivity contribution is 0.196. The first kappa shape index (κ1) is 23.1. The fourth-order valence-corrected chi connectivity index (χ4v) is 5.59. The van der Waals surface area contributed by atoms with Crippen LogP contribution in [0, 0.1) is 11.6 Å². The molecule has 1 atom stereocenters. The minimum atomic E-state index is -0.223. The summed E-state index contributed by atoms with van der Waals surface area (Å²) >= 11 is 0. The zero-order chi connectivity index (χ0) is 24.6. The fourth-order valence-electron chi connectivity index (χ4n) is 5.59. The molecule has 6 rings (SSSR count). The average molecular weight is 490 g/mol. The van der Waals surface area contributed by atoms with E-state index in [0.717, 1.165) is 43.9 Å². The van der Waals surface area contributed by atoms with Crippen LogP contribution in [0.25, 0.3) is 5.65 Å². The number of likely N-dealkylation sites (tertiary alicyclic amines) is 1. The third kappa shape index (κ3) is 4.47. The van der Waals surface area contributed by atoms with Crippen molar-refractivity contribution in [3.63, 3.8) is 0 Å². The molecule has 1 saturated heterocycles. The normalized spacial score (nSPS) is 19.0. The topological polar surface area (TPSA) is 56.6 Å². The van der Waals surface area contributed by atoms with Gasteiger partial charge in [0.05, 0.1) is 11.3 Å². The number of nitrogens with zero attached hydrogens (tertiary/aromatic N) is 4. The second-order valence-electron chi connectivity index (χ2n) is 9.97. The van der Waals surface area contributed by atoms with Gasteiger partial charge in [0.2, 0.25) is 0 Å². The first-order chi connectivity index (χ1) is 17.5. The third-order valence-electron chi connectivity index (χ3n) is 7.51. The molecule has 1 unspecified atom stereocenters. The van der Waals surface area contributed by atoms with E-state index in [-0.39, 0.29) is 23.1 Å². The van der Waals surface area contributed by atoms with Crippen molar-refractivity contribution in [1.29, 1.82) is 0 Å². The van der Waals surface area contributed by atoms with Crippen molar-refractivity contribution in [1.82, 2.24) is 24.4 Å². The van der Waals surface area contributed by atoms with E-state index in [9.17, 15) is 13.6 Å². The molecule has 0 radical (unpaired) electrons. The summed E-state index contributed by atoms with van der Waals surface area (Å²) in [6, 6.07) is 15.7. The van der Waals surface area contributed by atoms with Crippen molar-refractivity contribution in [2.24, 2.45) is 0 Å². The van der Waals surface area contributed by atoms with Crippen LogP contribution in [0.5, 0.6) is 0 Å². The fraction of sp³-hybridized carbons (Fsp3) is 0.357. The molecule has 0 spiro atoms. The maximum Gasteiger partial charge on any atom is 0.277 e. The molecule has 6 nitrogen and oxygen atoms in total. The molecule has 8 heteroatoms. The Bertz CT molecular complexity index is 1460. The first-order valence-electron chi connectivity index (χ1n) is 12.6. The van der Waals surface area contributed by atoms with Crippen molar-refractivity contribution in [3.05, 3.63) is 105 Å². The molecule has 2 aromatic heterocycles. The van der Waals surface area contributed by atoms with Gasteiger partial charge in [-0.05, 0) is 31.5 Å². The highest BCUT2D eigenvalue weighted by atomic mass is 19.1. The van der Waals surface area contributed by atoms with Crippen LogP contribution in [0.2, 0.25) is 0 Å². The lowest BCUT2D eigenvalue weighted by Crippen LogP contribution is -2.36. The monoisotopic (exact) mass is 489 g/mol. The summed E-state index contributed by atoms with van der Waals surface area (Å²) in [5.41, 5.74) is 4.40. The molecule has 0 aliphatic carbocycles. The maximum absolute atomic E-state index is 14.2. The molecule has 0 saturated carbocycles. The number of aromatic amines is 1. The lowest BCUT2D eigenvalue weighted by Gasteiger charge is -2.32. The first-order valence-corrected chi connectivity index (χ1v) is 12.6. The summed E-state index contributed by atoms with van der Waals surface area (Å²) in [6.07, 6.45) is 2.68. The third-order valence-corrected chi connectivity index (χ3v) is 7.51. The molecular formula is C28H29F2N5O. The van der Waals surface area contributed by atoms with Crippen LogP contribution in [0.3, 0.4) is 0 Å². The Labute approximate surface area is 208 Å². The van der Waals surface area contributed by atoms with E-state index in [0.29, 0.717) is 48.4 Å². The summed E-state index contributed by atoms with van der Waals surface area (Å²) < 4.78 is 29.9. The van der Waals surface area contributed by atoms with Gasteiger partial charge in [0.1, 0.15) is 11.6 Å². The van der Waals surface area contributed by atoms with Crippen molar-refractivity contribution >= 4 is 5.65 Å². The smallest absolute Gasteiger partial charge is 0.277 e. The molecule has 2 aliphatic heterocycles. The van der Waals surface area contributed by atoms with Gasteiger partial charge in [0.25, 0.3) is 5.56 Å². The van der Waals surface area contributed by atoms with Gasteiger partial charge >= 0.3 is 0 Å². The Morgan fingerprint density at radius 1 is 0.944 bits per heavy atom. The number of halogens is 2. The van der Waals surface area contributed by atoms with Crippen molar-refractivity contribution in [2.75, 3.05) is 19.6 Å². The molecule has 2 aromatic carbocycles.